The minimum Gasteiger partial charge on any atom is -0.308 e. The van der Waals surface area contributed by atoms with Crippen LogP contribution >= 0.6 is 11.3 Å². The van der Waals surface area contributed by atoms with Gasteiger partial charge >= 0.3 is 0 Å². The Balaban J connectivity index is 1.48. The predicted octanol–water partition coefficient (Wildman–Crippen LogP) is 3.04. The Morgan fingerprint density at radius 2 is 2.12 bits per heavy atom. The zero-order valence-corrected chi connectivity index (χ0v) is 19.0. The van der Waals surface area contributed by atoms with Gasteiger partial charge in [-0.1, -0.05) is 6.92 Å². The van der Waals surface area contributed by atoms with Crippen LogP contribution in [0.5, 0.6) is 0 Å². The maximum Gasteiger partial charge on any atom is 0.237 e. The van der Waals surface area contributed by atoms with Crippen molar-refractivity contribution in [3.8, 4) is 17.3 Å². The minimum absolute atomic E-state index is 0.0816. The highest BCUT2D eigenvalue weighted by Gasteiger charge is 2.36. The number of carbonyl (C=O) groups is 1. The topological polar surface area (TPSA) is 151 Å². The minimum atomic E-state index is -3.45. The van der Waals surface area contributed by atoms with Crippen LogP contribution < -0.4 is 10.0 Å². The first kappa shape index (κ1) is 22.7. The molecule has 0 spiro atoms. The molecule has 13 heteroatoms. The number of rotatable bonds is 8. The van der Waals surface area contributed by atoms with Gasteiger partial charge in [0.1, 0.15) is 6.07 Å². The summed E-state index contributed by atoms with van der Waals surface area (Å²) < 4.78 is 41.3. The Labute approximate surface area is 193 Å². The summed E-state index contributed by atoms with van der Waals surface area (Å²) in [5.74, 6) is -2.29. The number of hydrogen-bond donors (Lipinski definition) is 2. The van der Waals surface area contributed by atoms with Crippen LogP contribution in [0.2, 0.25) is 0 Å². The van der Waals surface area contributed by atoms with Crippen LogP contribution in [0.1, 0.15) is 43.5 Å². The van der Waals surface area contributed by atoms with E-state index in [0.29, 0.717) is 30.5 Å². The maximum absolute atomic E-state index is 14.6. The van der Waals surface area contributed by atoms with Gasteiger partial charge in [-0.3, -0.25) is 14.5 Å². The molecule has 1 unspecified atom stereocenters. The molecule has 0 bridgehead atoms. The van der Waals surface area contributed by atoms with Crippen LogP contribution in [0.25, 0.3) is 11.3 Å². The van der Waals surface area contributed by atoms with E-state index < -0.39 is 27.7 Å². The van der Waals surface area contributed by atoms with E-state index in [0.717, 1.165) is 17.4 Å². The molecule has 1 atom stereocenters. The SMILES string of the molecule is CCC(C(=O)Nc1ncc(-c2cncc(C#N)n2)cc1F)c1csc(NS(=O)(=O)C2CC2)n1. The highest BCUT2D eigenvalue weighted by atomic mass is 32.2. The van der Waals surface area contributed by atoms with Crippen LogP contribution in [0.4, 0.5) is 15.3 Å². The van der Waals surface area contributed by atoms with Crippen molar-refractivity contribution in [1.82, 2.24) is 19.9 Å². The third-order valence-electron chi connectivity index (χ3n) is 4.92. The van der Waals surface area contributed by atoms with Gasteiger partial charge in [-0.2, -0.15) is 5.26 Å². The lowest BCUT2D eigenvalue weighted by molar-refractivity contribution is -0.117. The molecule has 4 rings (SSSR count). The lowest BCUT2D eigenvalue weighted by Crippen LogP contribution is -2.22. The fourth-order valence-electron chi connectivity index (χ4n) is 3.04. The maximum atomic E-state index is 14.6. The van der Waals surface area contributed by atoms with E-state index in [1.54, 1.807) is 12.3 Å². The molecule has 3 aromatic heterocycles. The first-order valence-corrected chi connectivity index (χ1v) is 12.4. The molecule has 0 aliphatic heterocycles. The predicted molar refractivity (Wildman–Crippen MR) is 119 cm³/mol. The van der Waals surface area contributed by atoms with E-state index in [9.17, 15) is 17.6 Å². The Morgan fingerprint density at radius 3 is 2.79 bits per heavy atom. The van der Waals surface area contributed by atoms with Gasteiger partial charge in [0.2, 0.25) is 15.9 Å². The standard InChI is InChI=1S/C20H18FN7O3S2/c1-2-14(17-10-32-20(26-17)28-33(30,31)13-3-4-13)19(29)27-18-15(21)5-11(7-24-18)16-9-23-8-12(6-22)25-16/h5,7-10,13-14H,2-4H2,1H3,(H,26,28)(H,24,27,29). The third kappa shape index (κ3) is 5.12. The number of anilines is 2. The third-order valence-corrected chi connectivity index (χ3v) is 7.66. The van der Waals surface area contributed by atoms with Gasteiger partial charge in [0.05, 0.1) is 34.9 Å². The van der Waals surface area contributed by atoms with Crippen molar-refractivity contribution < 1.29 is 17.6 Å². The zero-order chi connectivity index (χ0) is 23.6. The molecule has 0 aromatic carbocycles. The normalized spacial score (nSPS) is 14.3. The average molecular weight is 488 g/mol. The van der Waals surface area contributed by atoms with Crippen LogP contribution in [0.15, 0.2) is 30.0 Å². The molecule has 33 heavy (non-hydrogen) atoms. The Bertz CT molecular complexity index is 1350. The highest BCUT2D eigenvalue weighted by molar-refractivity contribution is 7.93. The van der Waals surface area contributed by atoms with Crippen LogP contribution in [-0.2, 0) is 14.8 Å². The van der Waals surface area contributed by atoms with Crippen molar-refractivity contribution in [2.75, 3.05) is 10.0 Å². The summed E-state index contributed by atoms with van der Waals surface area (Å²) in [5.41, 5.74) is 1.04. The molecule has 0 saturated heterocycles. The average Bonchev–Trinajstić information content (AvgIpc) is 3.58. The molecule has 0 radical (unpaired) electrons. The summed E-state index contributed by atoms with van der Waals surface area (Å²) in [7, 11) is -3.45. The van der Waals surface area contributed by atoms with Crippen LogP contribution in [-0.4, -0.2) is 39.5 Å². The summed E-state index contributed by atoms with van der Waals surface area (Å²) in [6.07, 6.45) is 5.59. The molecule has 170 valence electrons. The van der Waals surface area contributed by atoms with Crippen LogP contribution in [0, 0.1) is 17.1 Å². The number of halogens is 1. The summed E-state index contributed by atoms with van der Waals surface area (Å²) in [6, 6.07) is 3.00. The van der Waals surface area contributed by atoms with Gasteiger partial charge in [-0.25, -0.2) is 27.8 Å². The van der Waals surface area contributed by atoms with Gasteiger partial charge in [0, 0.05) is 17.1 Å². The molecule has 3 aromatic rings. The molecule has 1 amide bonds. The number of aromatic nitrogens is 4. The zero-order valence-electron chi connectivity index (χ0n) is 17.3. The largest absolute Gasteiger partial charge is 0.308 e. The number of carbonyl (C=O) groups excluding carboxylic acids is 1. The number of nitrogens with zero attached hydrogens (tertiary/aromatic N) is 5. The summed E-state index contributed by atoms with van der Waals surface area (Å²) in [6.45, 7) is 1.77. The smallest absolute Gasteiger partial charge is 0.237 e. The molecule has 1 aliphatic carbocycles. The van der Waals surface area contributed by atoms with E-state index in [1.807, 2.05) is 6.07 Å². The second-order valence-corrected chi connectivity index (χ2v) is 10.1. The number of sulfonamides is 1. The van der Waals surface area contributed by atoms with E-state index in [2.05, 4.69) is 30.0 Å². The van der Waals surface area contributed by atoms with Crippen molar-refractivity contribution >= 4 is 38.2 Å². The first-order chi connectivity index (χ1) is 15.8. The van der Waals surface area contributed by atoms with Crippen molar-refractivity contribution in [2.24, 2.45) is 0 Å². The number of hydrogen-bond acceptors (Lipinski definition) is 9. The molecule has 3 heterocycles. The molecule has 1 fully saturated rings. The number of thiazole rings is 1. The van der Waals surface area contributed by atoms with Gasteiger partial charge in [0.25, 0.3) is 0 Å². The van der Waals surface area contributed by atoms with Crippen molar-refractivity contribution in [1.29, 1.82) is 5.26 Å². The summed E-state index contributed by atoms with van der Waals surface area (Å²) >= 11 is 1.09. The molecule has 10 nitrogen and oxygen atoms in total. The van der Waals surface area contributed by atoms with E-state index in [4.69, 9.17) is 5.26 Å². The van der Waals surface area contributed by atoms with Crippen molar-refractivity contribution in [3.63, 3.8) is 0 Å². The Hall–Kier alpha value is -3.50. The van der Waals surface area contributed by atoms with Crippen LogP contribution in [0.3, 0.4) is 0 Å². The molecular weight excluding hydrogens is 469 g/mol. The lowest BCUT2D eigenvalue weighted by Gasteiger charge is -2.13. The quantitative estimate of drug-likeness (QED) is 0.492. The second-order valence-electron chi connectivity index (χ2n) is 7.33. The number of nitrogens with one attached hydrogen (secondary N) is 2. The lowest BCUT2D eigenvalue weighted by atomic mass is 10.0. The second kappa shape index (κ2) is 9.16. The summed E-state index contributed by atoms with van der Waals surface area (Å²) in [4.78, 5) is 28.9. The Kier molecular flexibility index (Phi) is 6.30. The molecule has 2 N–H and O–H groups in total. The van der Waals surface area contributed by atoms with E-state index in [-0.39, 0.29) is 27.6 Å². The number of nitriles is 1. The van der Waals surface area contributed by atoms with Gasteiger partial charge in [-0.05, 0) is 25.3 Å². The van der Waals surface area contributed by atoms with E-state index in [1.165, 1.54) is 18.6 Å². The molecule has 1 saturated carbocycles. The van der Waals surface area contributed by atoms with Gasteiger partial charge in [0.15, 0.2) is 22.5 Å². The number of pyridine rings is 1. The first-order valence-electron chi connectivity index (χ1n) is 9.96. The monoisotopic (exact) mass is 487 g/mol. The number of amides is 1. The fraction of sp³-hybridized carbons (Fsp3) is 0.300. The fourth-order valence-corrected chi connectivity index (χ4v) is 5.40. The Morgan fingerprint density at radius 1 is 1.33 bits per heavy atom. The van der Waals surface area contributed by atoms with Crippen molar-refractivity contribution in [3.05, 3.63) is 47.2 Å². The molecular formula is C20H18FN7O3S2. The van der Waals surface area contributed by atoms with Gasteiger partial charge < -0.3 is 5.32 Å². The van der Waals surface area contributed by atoms with E-state index >= 15 is 0 Å². The molecule has 1 aliphatic rings. The summed E-state index contributed by atoms with van der Waals surface area (Å²) in [5, 5.41) is 12.8. The highest BCUT2D eigenvalue weighted by Crippen LogP contribution is 2.32. The van der Waals surface area contributed by atoms with Crippen molar-refractivity contribution in [2.45, 2.75) is 37.4 Å². The van der Waals surface area contributed by atoms with Gasteiger partial charge in [-0.15, -0.1) is 11.3 Å².